The molecule has 0 aliphatic carbocycles. The van der Waals surface area contributed by atoms with Crippen LogP contribution in [0.2, 0.25) is 39.3 Å². The van der Waals surface area contributed by atoms with E-state index in [-0.39, 0.29) is 26.4 Å². The number of aromatic nitrogens is 1. The first-order valence-electron chi connectivity index (χ1n) is 10.9. The fourth-order valence-corrected chi connectivity index (χ4v) is 13.2. The van der Waals surface area contributed by atoms with Crippen molar-refractivity contribution in [3.8, 4) is 11.3 Å². The van der Waals surface area contributed by atoms with E-state index in [1.165, 1.54) is 0 Å². The first-order valence-corrected chi connectivity index (χ1v) is 17.8. The van der Waals surface area contributed by atoms with Crippen molar-refractivity contribution < 1.29 is 20.1 Å². The second kappa shape index (κ2) is 13.8. The van der Waals surface area contributed by atoms with Crippen molar-refractivity contribution in [2.75, 3.05) is 0 Å². The molecule has 1 aromatic carbocycles. The van der Waals surface area contributed by atoms with Crippen LogP contribution < -0.4 is 0 Å². The van der Waals surface area contributed by atoms with Gasteiger partial charge in [-0.25, -0.2) is 0 Å². The predicted octanol–water partition coefficient (Wildman–Crippen LogP) is 7.35. The third-order valence-corrected chi connectivity index (χ3v) is 11.6. The average Bonchev–Trinajstić information content (AvgIpc) is 2.60. The summed E-state index contributed by atoms with van der Waals surface area (Å²) in [6.07, 6.45) is 1.85. The quantitative estimate of drug-likeness (QED) is 0.225. The van der Waals surface area contributed by atoms with Crippen LogP contribution in [0, 0.1) is 6.07 Å². The summed E-state index contributed by atoms with van der Waals surface area (Å²) in [5.74, 6) is 0. The maximum Gasteiger partial charge on any atom is 3.00 e. The van der Waals surface area contributed by atoms with Crippen molar-refractivity contribution >= 4 is 16.5 Å². The van der Waals surface area contributed by atoms with Crippen molar-refractivity contribution in [1.29, 1.82) is 0 Å². The topological polar surface area (TPSA) is 44.3 Å². The molecule has 1 heterocycles. The molecule has 0 aliphatic rings. The van der Waals surface area contributed by atoms with Crippen LogP contribution in [0.15, 0.2) is 48.7 Å². The molecule has 2 aromatic rings. The van der Waals surface area contributed by atoms with Gasteiger partial charge in [0, 0.05) is 6.20 Å². The zero-order valence-corrected chi connectivity index (χ0v) is 25.4. The summed E-state index contributed by atoms with van der Waals surface area (Å²) in [4.78, 5) is 4.22. The Balaban J connectivity index is 0.000000598. The minimum Gasteiger partial charge on any atom is -0.664 e. The first kappa shape index (κ1) is 30.3. The van der Waals surface area contributed by atoms with E-state index in [0.717, 1.165) is 11.3 Å². The van der Waals surface area contributed by atoms with Crippen LogP contribution >= 0.6 is 0 Å². The summed E-state index contributed by atoms with van der Waals surface area (Å²) in [7, 11) is -2.82. The smallest absolute Gasteiger partial charge is 0.664 e. The zero-order chi connectivity index (χ0) is 22.9. The van der Waals surface area contributed by atoms with Crippen LogP contribution in [0.5, 0.6) is 0 Å². The second-order valence-electron chi connectivity index (χ2n) is 10.0. The zero-order valence-electron chi connectivity index (χ0n) is 21.0. The summed E-state index contributed by atoms with van der Waals surface area (Å²) >= 11 is 0. The van der Waals surface area contributed by atoms with E-state index in [4.69, 9.17) is 10.6 Å². The van der Waals surface area contributed by atoms with Crippen LogP contribution in [0.4, 0.5) is 0 Å². The van der Waals surface area contributed by atoms with Gasteiger partial charge in [0.15, 0.2) is 0 Å². The van der Waals surface area contributed by atoms with Gasteiger partial charge in [0.2, 0.25) is 0 Å². The van der Waals surface area contributed by atoms with E-state index in [1.807, 2.05) is 42.5 Å². The number of hydrogen-bond acceptors (Lipinski definition) is 2. The molecular formula is C24H41IrN4Si2. The van der Waals surface area contributed by atoms with Crippen molar-refractivity contribution in [1.82, 2.24) is 9.22 Å². The normalized spacial score (nSPS) is 12.1. The maximum absolute atomic E-state index is 4.88. The molecule has 7 heteroatoms. The Hall–Kier alpha value is -0.667. The monoisotopic (exact) mass is 634 g/mol. The maximum atomic E-state index is 4.88. The molecule has 0 amide bonds. The first-order chi connectivity index (χ1) is 13.8. The van der Waals surface area contributed by atoms with E-state index in [1.54, 1.807) is 6.20 Å². The van der Waals surface area contributed by atoms with Gasteiger partial charge in [-0.2, -0.15) is 6.29 Å². The Morgan fingerprint density at radius 3 is 1.68 bits per heavy atom. The van der Waals surface area contributed by atoms with Crippen LogP contribution in [0.25, 0.3) is 21.9 Å². The molecule has 0 saturated carbocycles. The molecule has 0 radical (unpaired) electrons. The van der Waals surface area contributed by atoms with Crippen molar-refractivity contribution in [2.24, 2.45) is 0 Å². The minimum atomic E-state index is -1.41. The molecule has 2 rings (SSSR count). The summed E-state index contributed by atoms with van der Waals surface area (Å²) in [6.45, 7) is 23.0. The van der Waals surface area contributed by atoms with Crippen molar-refractivity contribution in [3.05, 3.63) is 65.4 Å². The molecule has 0 atom stereocenters. The van der Waals surface area contributed by atoms with Gasteiger partial charge in [0.05, 0.1) is 0 Å². The van der Waals surface area contributed by atoms with Gasteiger partial charge in [-0.15, -0.1) is 48.0 Å². The molecule has 0 fully saturated rings. The fourth-order valence-electron chi connectivity index (χ4n) is 3.48. The molecule has 31 heavy (non-hydrogen) atoms. The number of pyridine rings is 1. The molecule has 0 saturated heterocycles. The van der Waals surface area contributed by atoms with Crippen LogP contribution in [0.1, 0.15) is 27.7 Å². The van der Waals surface area contributed by atoms with E-state index in [0.29, 0.717) is 12.1 Å². The Bertz CT molecular complexity index is 652. The van der Waals surface area contributed by atoms with Crippen molar-refractivity contribution in [2.45, 2.75) is 85.4 Å². The average molecular weight is 634 g/mol. The Kier molecular flexibility index (Phi) is 13.5. The molecule has 0 aliphatic heterocycles. The molecule has 0 unspecified atom stereocenters. The van der Waals surface area contributed by atoms with Gasteiger partial charge in [-0.1, -0.05) is 79.1 Å². The Morgan fingerprint density at radius 1 is 0.806 bits per heavy atom. The summed E-state index contributed by atoms with van der Waals surface area (Å²) in [5.41, 5.74) is 2.01. The standard InChI is InChI=1S/C13H33N3Si2.C11H8N.Ir/c1-11(2)14-13(15-12(3)4)16(17(5,6)7)18(8,9)10;1-2-6-10(7-3-1)11-8-4-5-9-12-11;/h11-13H,1-10H3;1-6,8-9H;/q-2;-1;+3. The number of rotatable bonds is 8. The Labute approximate surface area is 207 Å². The minimum absolute atomic E-state index is 0. The van der Waals surface area contributed by atoms with Crippen LogP contribution in [0.3, 0.4) is 0 Å². The molecular weight excluding hydrogens is 593 g/mol. The summed E-state index contributed by atoms with van der Waals surface area (Å²) < 4.78 is 2.68. The van der Waals surface area contributed by atoms with Gasteiger partial charge in [0.1, 0.15) is 16.5 Å². The second-order valence-corrected chi connectivity index (χ2v) is 20.1. The molecule has 0 bridgehead atoms. The largest absolute Gasteiger partial charge is 3.00 e. The van der Waals surface area contributed by atoms with Gasteiger partial charge in [-0.3, -0.25) is 0 Å². The molecule has 1 aromatic heterocycles. The van der Waals surface area contributed by atoms with Gasteiger partial charge in [0.25, 0.3) is 0 Å². The molecule has 4 nitrogen and oxygen atoms in total. The molecule has 0 N–H and O–H groups in total. The predicted molar refractivity (Wildman–Crippen MR) is 138 cm³/mol. The van der Waals surface area contributed by atoms with Gasteiger partial charge >= 0.3 is 20.1 Å². The van der Waals surface area contributed by atoms with Gasteiger partial charge in [-0.05, 0) is 11.8 Å². The van der Waals surface area contributed by atoms with Gasteiger partial charge < -0.3 is 19.8 Å². The Morgan fingerprint density at radius 2 is 1.32 bits per heavy atom. The van der Waals surface area contributed by atoms with E-state index >= 15 is 0 Å². The van der Waals surface area contributed by atoms with E-state index < -0.39 is 16.5 Å². The molecule has 174 valence electrons. The van der Waals surface area contributed by atoms with E-state index in [2.05, 4.69) is 82.3 Å². The van der Waals surface area contributed by atoms with E-state index in [9.17, 15) is 0 Å². The summed E-state index contributed by atoms with van der Waals surface area (Å²) in [5, 5.41) is 9.76. The van der Waals surface area contributed by atoms with Crippen molar-refractivity contribution in [3.63, 3.8) is 0 Å². The molecule has 0 spiro atoms. The third kappa shape index (κ3) is 11.7. The third-order valence-electron chi connectivity index (χ3n) is 4.19. The summed E-state index contributed by atoms with van der Waals surface area (Å²) in [6, 6.07) is 17.5. The van der Waals surface area contributed by atoms with Crippen LogP contribution in [-0.2, 0) is 20.1 Å². The number of hydrogen-bond donors (Lipinski definition) is 0. The number of nitrogens with zero attached hydrogens (tertiary/aromatic N) is 4. The fraction of sp³-hybridized carbons (Fsp3) is 0.542. The number of benzene rings is 1. The van der Waals surface area contributed by atoms with Crippen LogP contribution in [-0.4, -0.2) is 44.1 Å². The SMILES string of the molecule is CC(C)[N-]C([N-]C(C)C)N([Si](C)(C)C)[Si](C)(C)C.[Ir+3].[c-]1ccccc1-c1ccccn1.